The Morgan fingerprint density at radius 1 is 1.25 bits per heavy atom. The van der Waals surface area contributed by atoms with E-state index < -0.39 is 5.82 Å². The van der Waals surface area contributed by atoms with E-state index in [1.54, 1.807) is 13.1 Å². The third-order valence-corrected chi connectivity index (χ3v) is 8.34. The van der Waals surface area contributed by atoms with Crippen LogP contribution in [0.4, 0.5) is 10.2 Å². The molecule has 0 radical (unpaired) electrons. The molecule has 4 aromatic heterocycles. The van der Waals surface area contributed by atoms with Crippen molar-refractivity contribution in [2.24, 2.45) is 17.8 Å². The molecule has 0 aliphatic heterocycles. The van der Waals surface area contributed by atoms with Crippen LogP contribution in [0.2, 0.25) is 5.15 Å². The van der Waals surface area contributed by atoms with E-state index in [1.165, 1.54) is 17.5 Å². The van der Waals surface area contributed by atoms with Gasteiger partial charge in [0.2, 0.25) is 0 Å². The van der Waals surface area contributed by atoms with Crippen molar-refractivity contribution in [3.05, 3.63) is 40.9 Å². The Bertz CT molecular complexity index is 1420. The quantitative estimate of drug-likeness (QED) is 0.310. The van der Waals surface area contributed by atoms with Gasteiger partial charge in [0.05, 0.1) is 29.2 Å². The molecule has 2 atom stereocenters. The predicted octanol–water partition coefficient (Wildman–Crippen LogP) is 5.72. The summed E-state index contributed by atoms with van der Waals surface area (Å²) in [6.07, 6.45) is 7.10. The Hall–Kier alpha value is -3.11. The van der Waals surface area contributed by atoms with Gasteiger partial charge in [-0.05, 0) is 55.9 Å². The summed E-state index contributed by atoms with van der Waals surface area (Å²) in [4.78, 5) is 34.5. The number of carbonyl (C=O) groups is 1. The molecule has 3 aliphatic rings. The van der Waals surface area contributed by atoms with Crippen molar-refractivity contribution in [3.8, 4) is 22.0 Å². The van der Waals surface area contributed by atoms with E-state index in [0.717, 1.165) is 25.7 Å². The first-order valence-corrected chi connectivity index (χ1v) is 13.3. The Kier molecular flexibility index (Phi) is 6.08. The van der Waals surface area contributed by atoms with Gasteiger partial charge in [-0.15, -0.1) is 11.3 Å². The number of hydrogen-bond donors (Lipinski definition) is 2. The van der Waals surface area contributed by atoms with Crippen molar-refractivity contribution >= 4 is 45.9 Å². The van der Waals surface area contributed by atoms with Gasteiger partial charge < -0.3 is 15.0 Å². The zero-order chi connectivity index (χ0) is 24.8. The number of nitrogens with one attached hydrogen (secondary N) is 2. The van der Waals surface area contributed by atoms with Crippen molar-refractivity contribution in [2.75, 3.05) is 11.9 Å². The number of fused-ring (bicyclic) bond motifs is 4. The van der Waals surface area contributed by atoms with Gasteiger partial charge in [-0.25, -0.2) is 24.3 Å². The third kappa shape index (κ3) is 4.02. The van der Waals surface area contributed by atoms with Crippen molar-refractivity contribution in [2.45, 2.75) is 38.6 Å². The monoisotopic (exact) mass is 526 g/mol. The normalized spacial score (nSPS) is 23.2. The molecule has 2 bridgehead atoms. The van der Waals surface area contributed by atoms with Crippen LogP contribution in [0.3, 0.4) is 0 Å². The fourth-order valence-corrected chi connectivity index (χ4v) is 6.51. The van der Waals surface area contributed by atoms with Crippen LogP contribution in [-0.4, -0.2) is 43.5 Å². The van der Waals surface area contributed by atoms with Gasteiger partial charge in [0.15, 0.2) is 23.1 Å². The lowest BCUT2D eigenvalue weighted by molar-refractivity contribution is -0.154. The van der Waals surface area contributed by atoms with E-state index in [4.69, 9.17) is 16.3 Å². The number of esters is 1. The summed E-state index contributed by atoms with van der Waals surface area (Å²) in [6.45, 7) is 2.12. The van der Waals surface area contributed by atoms with Crippen molar-refractivity contribution in [1.82, 2.24) is 24.9 Å². The van der Waals surface area contributed by atoms with Crippen LogP contribution in [0.5, 0.6) is 0 Å². The number of rotatable bonds is 6. The van der Waals surface area contributed by atoms with E-state index in [9.17, 15) is 4.79 Å². The Labute approximate surface area is 215 Å². The van der Waals surface area contributed by atoms with Crippen molar-refractivity contribution in [1.29, 1.82) is 0 Å². The summed E-state index contributed by atoms with van der Waals surface area (Å²) >= 11 is 7.49. The summed E-state index contributed by atoms with van der Waals surface area (Å²) in [6, 6.07) is 3.41. The molecule has 2 N–H and O–H groups in total. The molecule has 7 rings (SSSR count). The summed E-state index contributed by atoms with van der Waals surface area (Å²) in [5.41, 5.74) is 1.78. The van der Waals surface area contributed by atoms with Gasteiger partial charge >= 0.3 is 5.97 Å². The minimum absolute atomic E-state index is 0.0691. The van der Waals surface area contributed by atoms with E-state index in [2.05, 4.69) is 30.2 Å². The van der Waals surface area contributed by atoms with Gasteiger partial charge in [0.1, 0.15) is 16.4 Å². The zero-order valence-electron chi connectivity index (χ0n) is 19.5. The Balaban J connectivity index is 1.46. The van der Waals surface area contributed by atoms with Crippen LogP contribution < -0.4 is 5.32 Å². The maximum Gasteiger partial charge on any atom is 0.311 e. The molecule has 3 aliphatic carbocycles. The van der Waals surface area contributed by atoms with Crippen LogP contribution >= 0.6 is 22.9 Å². The van der Waals surface area contributed by atoms with Gasteiger partial charge in [-0.3, -0.25) is 4.79 Å². The molecule has 36 heavy (non-hydrogen) atoms. The molecule has 0 aromatic carbocycles. The summed E-state index contributed by atoms with van der Waals surface area (Å²) in [5.74, 6) is -0.284. The van der Waals surface area contributed by atoms with Gasteiger partial charge in [0, 0.05) is 12.2 Å². The average Bonchev–Trinajstić information content (AvgIpc) is 3.56. The second kappa shape index (κ2) is 9.40. The lowest BCUT2D eigenvalue weighted by Gasteiger charge is -2.47. The smallest absolute Gasteiger partial charge is 0.311 e. The predicted molar refractivity (Wildman–Crippen MR) is 136 cm³/mol. The first-order valence-electron chi connectivity index (χ1n) is 12.1. The zero-order valence-corrected chi connectivity index (χ0v) is 21.1. The summed E-state index contributed by atoms with van der Waals surface area (Å²) < 4.78 is 21.4. The van der Waals surface area contributed by atoms with Gasteiger partial charge in [0.25, 0.3) is 0 Å². The second-order valence-corrected chi connectivity index (χ2v) is 10.6. The molecule has 0 saturated heterocycles. The molecule has 0 unspecified atom stereocenters. The fraction of sp³-hybridized carbons (Fsp3) is 0.400. The minimum atomic E-state index is -0.547. The number of H-pyrrole nitrogens is 1. The average molecular weight is 527 g/mol. The molecule has 4 heterocycles. The lowest BCUT2D eigenvalue weighted by Crippen LogP contribution is -2.52. The molecular weight excluding hydrogens is 503 g/mol. The van der Waals surface area contributed by atoms with Crippen LogP contribution in [0.25, 0.3) is 33.1 Å². The summed E-state index contributed by atoms with van der Waals surface area (Å²) in [7, 11) is 0. The number of ether oxygens (including phenoxy) is 1. The highest BCUT2D eigenvalue weighted by Crippen LogP contribution is 2.47. The topological polar surface area (TPSA) is 106 Å². The molecular formula is C25H24ClFN6O2S. The maximum atomic E-state index is 16.0. The highest BCUT2D eigenvalue weighted by Gasteiger charge is 2.48. The van der Waals surface area contributed by atoms with Crippen molar-refractivity contribution < 1.29 is 13.9 Å². The fourth-order valence-electron chi connectivity index (χ4n) is 5.67. The number of hydrogen-bond acceptors (Lipinski definition) is 8. The van der Waals surface area contributed by atoms with E-state index in [1.807, 2.05) is 17.5 Å². The highest BCUT2D eigenvalue weighted by molar-refractivity contribution is 7.13. The van der Waals surface area contributed by atoms with E-state index >= 15 is 4.39 Å². The SMILES string of the molecule is CCOC(=O)[C@H]1C2CCC(CC2)[C@@H]1Nc1nc(-c2c[nH]c3ncc(Cl)nc23)nc(-c2cccs2)c1F. The van der Waals surface area contributed by atoms with E-state index in [-0.39, 0.29) is 46.4 Å². The Morgan fingerprint density at radius 2 is 2.06 bits per heavy atom. The minimum Gasteiger partial charge on any atom is -0.466 e. The van der Waals surface area contributed by atoms with E-state index in [0.29, 0.717) is 34.0 Å². The number of thiophene rings is 1. The number of aromatic nitrogens is 5. The molecule has 3 saturated carbocycles. The van der Waals surface area contributed by atoms with Crippen LogP contribution in [0, 0.1) is 23.6 Å². The number of nitrogens with zero attached hydrogens (tertiary/aromatic N) is 4. The molecule has 11 heteroatoms. The van der Waals surface area contributed by atoms with Gasteiger partial charge in [-0.2, -0.15) is 0 Å². The largest absolute Gasteiger partial charge is 0.466 e. The summed E-state index contributed by atoms with van der Waals surface area (Å²) in [5, 5.41) is 5.45. The number of carbonyl (C=O) groups excluding carboxylic acids is 1. The third-order valence-electron chi connectivity index (χ3n) is 7.28. The second-order valence-electron chi connectivity index (χ2n) is 9.25. The lowest BCUT2D eigenvalue weighted by atomic mass is 9.61. The standard InChI is InChI=1S/C25H24ClFN6O2S/c1-2-35-25(34)17-12-5-7-13(8-6-12)19(17)31-23-18(27)21(15-4-3-9-36-15)32-22(33-23)14-10-28-24-20(14)30-16(26)11-29-24/h3-4,9-13,17,19H,2,5-8H2,1H3,(H,28,29)(H,31,32,33)/t12?,13?,17-,19-/m0/s1. The maximum absolute atomic E-state index is 16.0. The first kappa shape index (κ1) is 23.3. The van der Waals surface area contributed by atoms with Crippen LogP contribution in [0.15, 0.2) is 29.9 Å². The Morgan fingerprint density at radius 3 is 2.81 bits per heavy atom. The number of aromatic amines is 1. The molecule has 186 valence electrons. The van der Waals surface area contributed by atoms with Crippen LogP contribution in [0.1, 0.15) is 32.6 Å². The first-order chi connectivity index (χ1) is 17.5. The van der Waals surface area contributed by atoms with Gasteiger partial charge in [-0.1, -0.05) is 17.7 Å². The molecule has 4 aromatic rings. The molecule has 8 nitrogen and oxygen atoms in total. The highest BCUT2D eigenvalue weighted by atomic mass is 35.5. The molecule has 3 fully saturated rings. The molecule has 0 amide bonds. The van der Waals surface area contributed by atoms with Crippen molar-refractivity contribution in [3.63, 3.8) is 0 Å². The van der Waals surface area contributed by atoms with Crippen LogP contribution in [-0.2, 0) is 9.53 Å². The molecule has 0 spiro atoms. The number of anilines is 1. The number of halogens is 2.